The van der Waals surface area contributed by atoms with Gasteiger partial charge in [0.25, 0.3) is 5.56 Å². The molecule has 3 rings (SSSR count). The number of carbonyl (C=O) groups excluding carboxylic acids is 1. The highest BCUT2D eigenvalue weighted by atomic mass is 79.9. The summed E-state index contributed by atoms with van der Waals surface area (Å²) >= 11 is 9.56. The molecule has 0 unspecified atom stereocenters. The monoisotopic (exact) mass is 519 g/mol. The quantitative estimate of drug-likeness (QED) is 0.309. The summed E-state index contributed by atoms with van der Waals surface area (Å²) in [6.07, 6.45) is 3.08. The Balaban J connectivity index is 2.07. The van der Waals surface area contributed by atoms with Gasteiger partial charge in [0.1, 0.15) is 11.6 Å². The van der Waals surface area contributed by atoms with E-state index in [9.17, 15) is 9.59 Å². The first-order valence-corrected chi connectivity index (χ1v) is 11.3. The number of benzene rings is 2. The highest BCUT2D eigenvalue weighted by Crippen LogP contribution is 2.23. The zero-order valence-electron chi connectivity index (χ0n) is 18.0. The van der Waals surface area contributed by atoms with Crippen molar-refractivity contribution < 1.29 is 14.3 Å². The number of nitrogens with zero attached hydrogens (tertiary/aromatic N) is 3. The number of unbranched alkanes of at least 4 members (excludes halogenated alkanes) is 1. The van der Waals surface area contributed by atoms with Gasteiger partial charge in [0.05, 0.1) is 24.2 Å². The largest absolute Gasteiger partial charge is 0.478 e. The van der Waals surface area contributed by atoms with Crippen molar-refractivity contribution in [1.82, 2.24) is 9.66 Å². The molecular weight excluding hydrogens is 498 g/mol. The van der Waals surface area contributed by atoms with E-state index in [1.165, 1.54) is 18.0 Å². The van der Waals surface area contributed by atoms with Gasteiger partial charge in [-0.15, -0.1) is 0 Å². The highest BCUT2D eigenvalue weighted by molar-refractivity contribution is 9.10. The van der Waals surface area contributed by atoms with Crippen LogP contribution in [0.1, 0.15) is 38.1 Å². The number of aryl methyl sites for hydroxylation is 1. The van der Waals surface area contributed by atoms with E-state index >= 15 is 0 Å². The Kier molecular flexibility index (Phi) is 8.04. The maximum Gasteiger partial charge on any atom is 0.346 e. The lowest BCUT2D eigenvalue weighted by molar-refractivity contribution is -0.147. The van der Waals surface area contributed by atoms with E-state index in [2.05, 4.69) is 32.9 Å². The van der Waals surface area contributed by atoms with Crippen molar-refractivity contribution in [3.05, 3.63) is 67.6 Å². The van der Waals surface area contributed by atoms with E-state index in [1.807, 2.05) is 6.07 Å². The van der Waals surface area contributed by atoms with Crippen LogP contribution in [-0.4, -0.2) is 35.1 Å². The molecule has 168 valence electrons. The Morgan fingerprint density at radius 3 is 2.81 bits per heavy atom. The Morgan fingerprint density at radius 1 is 1.31 bits per heavy atom. The molecule has 0 radical (unpaired) electrons. The van der Waals surface area contributed by atoms with Crippen molar-refractivity contribution in [3.63, 3.8) is 0 Å². The molecule has 0 aliphatic rings. The van der Waals surface area contributed by atoms with Gasteiger partial charge in [0, 0.05) is 21.5 Å². The molecule has 9 heteroatoms. The van der Waals surface area contributed by atoms with Crippen LogP contribution in [0.3, 0.4) is 0 Å². The van der Waals surface area contributed by atoms with Crippen LogP contribution < -0.4 is 10.3 Å². The van der Waals surface area contributed by atoms with Crippen LogP contribution >= 0.6 is 27.5 Å². The first-order chi connectivity index (χ1) is 15.3. The number of rotatable bonds is 8. The predicted molar refractivity (Wildman–Crippen MR) is 129 cm³/mol. The van der Waals surface area contributed by atoms with Crippen LogP contribution in [0.5, 0.6) is 5.75 Å². The summed E-state index contributed by atoms with van der Waals surface area (Å²) in [6.45, 7) is 3.65. The van der Waals surface area contributed by atoms with Gasteiger partial charge in [-0.25, -0.2) is 9.78 Å². The van der Waals surface area contributed by atoms with Crippen molar-refractivity contribution in [2.45, 2.75) is 39.2 Å². The molecule has 0 N–H and O–H groups in total. The molecule has 0 fully saturated rings. The summed E-state index contributed by atoms with van der Waals surface area (Å²) in [5, 5.41) is 5.35. The first-order valence-electron chi connectivity index (χ1n) is 10.1. The zero-order valence-corrected chi connectivity index (χ0v) is 20.3. The van der Waals surface area contributed by atoms with Gasteiger partial charge in [-0.2, -0.15) is 9.78 Å². The molecule has 0 aliphatic heterocycles. The first kappa shape index (κ1) is 23.9. The molecule has 1 aromatic heterocycles. The van der Waals surface area contributed by atoms with E-state index in [0.29, 0.717) is 39.5 Å². The third-order valence-corrected chi connectivity index (χ3v) is 5.48. The van der Waals surface area contributed by atoms with Gasteiger partial charge in [0.2, 0.25) is 0 Å². The van der Waals surface area contributed by atoms with Crippen LogP contribution in [-0.2, 0) is 16.0 Å². The Bertz CT molecular complexity index is 1230. The second-order valence-electron chi connectivity index (χ2n) is 7.12. The van der Waals surface area contributed by atoms with E-state index in [0.717, 1.165) is 17.3 Å². The fourth-order valence-electron chi connectivity index (χ4n) is 3.06. The summed E-state index contributed by atoms with van der Waals surface area (Å²) in [4.78, 5) is 29.6. The SMILES string of the molecule is CCCCc1nc2ccc(Br)cc2c(=O)n1N=Cc1cc(Cl)ccc1O[C@H](C)C(=O)OC. The summed E-state index contributed by atoms with van der Waals surface area (Å²) in [5.41, 5.74) is 0.858. The standard InChI is InChI=1S/C23H23BrClN3O4/c1-4-5-6-21-27-19-9-7-16(24)12-18(19)22(29)28(21)26-13-15-11-17(25)8-10-20(15)32-14(2)23(30)31-3/h7-14H,4-6H2,1-3H3/t14-/m1/s1. The Morgan fingerprint density at radius 2 is 2.09 bits per heavy atom. The molecule has 0 aliphatic carbocycles. The summed E-state index contributed by atoms with van der Waals surface area (Å²) in [5.74, 6) is 0.441. The second kappa shape index (κ2) is 10.7. The maximum atomic E-state index is 13.2. The number of hydrogen-bond donors (Lipinski definition) is 0. The number of esters is 1. The number of hydrogen-bond acceptors (Lipinski definition) is 6. The lowest BCUT2D eigenvalue weighted by atomic mass is 10.2. The molecule has 0 spiro atoms. The third-order valence-electron chi connectivity index (χ3n) is 4.75. The summed E-state index contributed by atoms with van der Waals surface area (Å²) < 4.78 is 12.5. The minimum Gasteiger partial charge on any atom is -0.478 e. The van der Waals surface area contributed by atoms with Crippen LogP contribution in [0.4, 0.5) is 0 Å². The van der Waals surface area contributed by atoms with Gasteiger partial charge in [-0.05, 0) is 49.7 Å². The normalized spacial score (nSPS) is 12.3. The van der Waals surface area contributed by atoms with Gasteiger partial charge in [-0.1, -0.05) is 40.9 Å². The van der Waals surface area contributed by atoms with Gasteiger partial charge in [0.15, 0.2) is 6.10 Å². The van der Waals surface area contributed by atoms with Crippen molar-refractivity contribution in [2.24, 2.45) is 5.10 Å². The fourth-order valence-corrected chi connectivity index (χ4v) is 3.60. The van der Waals surface area contributed by atoms with E-state index < -0.39 is 12.1 Å². The summed E-state index contributed by atoms with van der Waals surface area (Å²) in [6, 6.07) is 10.3. The molecule has 3 aromatic rings. The number of fused-ring (bicyclic) bond motifs is 1. The minimum atomic E-state index is -0.823. The van der Waals surface area contributed by atoms with Crippen LogP contribution in [0.15, 0.2) is 50.8 Å². The topological polar surface area (TPSA) is 82.8 Å². The zero-order chi connectivity index (χ0) is 23.3. The Hall–Kier alpha value is -2.71. The number of methoxy groups -OCH3 is 1. The molecular formula is C23H23BrClN3O4. The molecule has 2 aromatic carbocycles. The van der Waals surface area contributed by atoms with Crippen molar-refractivity contribution >= 4 is 50.6 Å². The van der Waals surface area contributed by atoms with Crippen LogP contribution in [0, 0.1) is 0 Å². The van der Waals surface area contributed by atoms with Crippen LogP contribution in [0.25, 0.3) is 10.9 Å². The van der Waals surface area contributed by atoms with Gasteiger partial charge in [-0.3, -0.25) is 4.79 Å². The second-order valence-corrected chi connectivity index (χ2v) is 8.47. The lowest BCUT2D eigenvalue weighted by Gasteiger charge is -2.14. The van der Waals surface area contributed by atoms with E-state index in [1.54, 1.807) is 37.3 Å². The van der Waals surface area contributed by atoms with Crippen molar-refractivity contribution in [3.8, 4) is 5.75 Å². The third kappa shape index (κ3) is 5.55. The lowest BCUT2D eigenvalue weighted by Crippen LogP contribution is -2.25. The Labute approximate surface area is 199 Å². The molecule has 0 bridgehead atoms. The fraction of sp³-hybridized carbons (Fsp3) is 0.304. The van der Waals surface area contributed by atoms with Gasteiger partial charge < -0.3 is 9.47 Å². The number of ether oxygens (including phenoxy) is 2. The van der Waals surface area contributed by atoms with Crippen molar-refractivity contribution in [1.29, 1.82) is 0 Å². The minimum absolute atomic E-state index is 0.272. The molecule has 0 amide bonds. The molecule has 1 heterocycles. The molecule has 32 heavy (non-hydrogen) atoms. The number of halogens is 2. The van der Waals surface area contributed by atoms with Crippen molar-refractivity contribution in [2.75, 3.05) is 7.11 Å². The number of carbonyl (C=O) groups is 1. The highest BCUT2D eigenvalue weighted by Gasteiger charge is 2.17. The van der Waals surface area contributed by atoms with E-state index in [4.69, 9.17) is 21.1 Å². The molecule has 7 nitrogen and oxygen atoms in total. The van der Waals surface area contributed by atoms with Gasteiger partial charge >= 0.3 is 5.97 Å². The molecule has 0 saturated heterocycles. The predicted octanol–water partition coefficient (Wildman–Crippen LogP) is 4.98. The average Bonchev–Trinajstić information content (AvgIpc) is 2.78. The smallest absolute Gasteiger partial charge is 0.346 e. The average molecular weight is 521 g/mol. The van der Waals surface area contributed by atoms with Crippen LogP contribution in [0.2, 0.25) is 5.02 Å². The molecule has 0 saturated carbocycles. The number of aromatic nitrogens is 2. The summed E-state index contributed by atoms with van der Waals surface area (Å²) in [7, 11) is 1.29. The maximum absolute atomic E-state index is 13.2. The van der Waals surface area contributed by atoms with E-state index in [-0.39, 0.29) is 5.56 Å². The molecule has 1 atom stereocenters.